The molecule has 0 atom stereocenters. The van der Waals surface area contributed by atoms with Crippen LogP contribution >= 0.6 is 0 Å². The highest BCUT2D eigenvalue weighted by Crippen LogP contribution is 2.20. The minimum atomic E-state index is -0.290. The first-order valence-corrected chi connectivity index (χ1v) is 8.70. The van der Waals surface area contributed by atoms with Crippen LogP contribution in [0.1, 0.15) is 25.0 Å². The van der Waals surface area contributed by atoms with Crippen LogP contribution in [0, 0.1) is 11.7 Å². The Hall–Kier alpha value is -2.73. The molecule has 1 heterocycles. The summed E-state index contributed by atoms with van der Waals surface area (Å²) in [6.45, 7) is 5.88. The normalized spacial score (nSPS) is 12.1. The summed E-state index contributed by atoms with van der Waals surface area (Å²) >= 11 is 0. The summed E-state index contributed by atoms with van der Waals surface area (Å²) in [5, 5.41) is 9.73. The topological polar surface area (TPSA) is 65.4 Å². The molecule has 0 bridgehead atoms. The van der Waals surface area contributed by atoms with E-state index in [-0.39, 0.29) is 5.82 Å². The van der Waals surface area contributed by atoms with E-state index in [0.717, 1.165) is 28.6 Å². The third-order valence-corrected chi connectivity index (χ3v) is 3.94. The van der Waals surface area contributed by atoms with Gasteiger partial charge in [0, 0.05) is 29.6 Å². The van der Waals surface area contributed by atoms with Crippen molar-refractivity contribution >= 4 is 16.6 Å². The number of aromatic nitrogens is 2. The summed E-state index contributed by atoms with van der Waals surface area (Å²) in [6.07, 6.45) is 1.85. The quantitative estimate of drug-likeness (QED) is 0.401. The lowest BCUT2D eigenvalue weighted by Crippen LogP contribution is -2.09. The Morgan fingerprint density at radius 3 is 2.62 bits per heavy atom. The van der Waals surface area contributed by atoms with E-state index >= 15 is 0 Å². The van der Waals surface area contributed by atoms with Gasteiger partial charge in [0.25, 0.3) is 0 Å². The van der Waals surface area contributed by atoms with Gasteiger partial charge in [-0.15, -0.1) is 0 Å². The molecule has 0 fully saturated rings. The molecule has 6 heteroatoms. The van der Waals surface area contributed by atoms with Gasteiger partial charge in [-0.05, 0) is 42.3 Å². The van der Waals surface area contributed by atoms with Crippen LogP contribution in [0.15, 0.2) is 53.8 Å². The SMILES string of the molecule is CC(C)Cn1ncc2cc(C(=NOCCN)c3ccc(F)cc3)ccc21. The maximum atomic E-state index is 13.3. The molecule has 0 amide bonds. The van der Waals surface area contributed by atoms with Crippen LogP contribution in [0.4, 0.5) is 4.39 Å². The van der Waals surface area contributed by atoms with E-state index in [9.17, 15) is 4.39 Å². The summed E-state index contributed by atoms with van der Waals surface area (Å²) in [7, 11) is 0. The number of nitrogens with zero attached hydrogens (tertiary/aromatic N) is 3. The highest BCUT2D eigenvalue weighted by Gasteiger charge is 2.12. The molecule has 3 rings (SSSR count). The van der Waals surface area contributed by atoms with E-state index in [4.69, 9.17) is 10.6 Å². The van der Waals surface area contributed by atoms with E-state index in [0.29, 0.717) is 24.8 Å². The van der Waals surface area contributed by atoms with E-state index in [2.05, 4.69) is 24.1 Å². The molecule has 0 radical (unpaired) electrons. The van der Waals surface area contributed by atoms with Gasteiger partial charge in [0.1, 0.15) is 18.1 Å². The molecule has 0 aliphatic carbocycles. The van der Waals surface area contributed by atoms with Crippen molar-refractivity contribution in [3.8, 4) is 0 Å². The van der Waals surface area contributed by atoms with Crippen molar-refractivity contribution < 1.29 is 9.23 Å². The molecule has 1 aromatic heterocycles. The van der Waals surface area contributed by atoms with Crippen molar-refractivity contribution in [2.75, 3.05) is 13.2 Å². The highest BCUT2D eigenvalue weighted by molar-refractivity contribution is 6.13. The molecule has 0 aliphatic heterocycles. The second-order valence-corrected chi connectivity index (χ2v) is 6.56. The average molecular weight is 354 g/mol. The number of benzene rings is 2. The summed E-state index contributed by atoms with van der Waals surface area (Å²) in [5.41, 5.74) is 8.84. The number of hydrogen-bond donors (Lipinski definition) is 1. The predicted molar refractivity (Wildman–Crippen MR) is 102 cm³/mol. The van der Waals surface area contributed by atoms with Crippen molar-refractivity contribution in [3.05, 3.63) is 65.6 Å². The molecule has 0 saturated carbocycles. The Morgan fingerprint density at radius 1 is 1.19 bits per heavy atom. The molecule has 136 valence electrons. The van der Waals surface area contributed by atoms with E-state index in [1.807, 2.05) is 29.1 Å². The Bertz CT molecular complexity index is 900. The number of fused-ring (bicyclic) bond motifs is 1. The van der Waals surface area contributed by atoms with Crippen molar-refractivity contribution in [1.29, 1.82) is 0 Å². The van der Waals surface area contributed by atoms with Crippen molar-refractivity contribution in [2.24, 2.45) is 16.8 Å². The molecular weight excluding hydrogens is 331 g/mol. The second kappa shape index (κ2) is 8.10. The number of halogens is 1. The van der Waals surface area contributed by atoms with Crippen LogP contribution in [-0.2, 0) is 11.4 Å². The first-order valence-electron chi connectivity index (χ1n) is 8.70. The Kier molecular flexibility index (Phi) is 5.63. The van der Waals surface area contributed by atoms with E-state index in [1.165, 1.54) is 12.1 Å². The summed E-state index contributed by atoms with van der Waals surface area (Å²) in [6, 6.07) is 12.2. The van der Waals surface area contributed by atoms with Crippen molar-refractivity contribution in [3.63, 3.8) is 0 Å². The van der Waals surface area contributed by atoms with Gasteiger partial charge in [-0.2, -0.15) is 5.10 Å². The lowest BCUT2D eigenvalue weighted by Gasteiger charge is -2.09. The maximum absolute atomic E-state index is 13.3. The molecule has 0 unspecified atom stereocenters. The number of rotatable bonds is 7. The van der Waals surface area contributed by atoms with Gasteiger partial charge < -0.3 is 10.6 Å². The molecule has 3 aromatic rings. The average Bonchev–Trinajstić information content (AvgIpc) is 3.01. The van der Waals surface area contributed by atoms with Crippen LogP contribution in [0.25, 0.3) is 10.9 Å². The Morgan fingerprint density at radius 2 is 1.92 bits per heavy atom. The second-order valence-electron chi connectivity index (χ2n) is 6.56. The summed E-state index contributed by atoms with van der Waals surface area (Å²) < 4.78 is 15.3. The molecule has 2 N–H and O–H groups in total. The Balaban J connectivity index is 2.00. The zero-order chi connectivity index (χ0) is 18.5. The lowest BCUT2D eigenvalue weighted by atomic mass is 10.0. The lowest BCUT2D eigenvalue weighted by molar-refractivity contribution is 0.152. The molecule has 26 heavy (non-hydrogen) atoms. The van der Waals surface area contributed by atoms with Gasteiger partial charge in [-0.1, -0.05) is 25.1 Å². The van der Waals surface area contributed by atoms with Gasteiger partial charge >= 0.3 is 0 Å². The summed E-state index contributed by atoms with van der Waals surface area (Å²) in [5.74, 6) is 0.222. The van der Waals surface area contributed by atoms with Gasteiger partial charge in [0.05, 0.1) is 11.7 Å². The third-order valence-electron chi connectivity index (χ3n) is 3.94. The summed E-state index contributed by atoms with van der Waals surface area (Å²) in [4.78, 5) is 5.30. The third kappa shape index (κ3) is 4.08. The van der Waals surface area contributed by atoms with Crippen LogP contribution < -0.4 is 5.73 Å². The fraction of sp³-hybridized carbons (Fsp3) is 0.300. The molecule has 2 aromatic carbocycles. The predicted octanol–water partition coefficient (Wildman–Crippen LogP) is 3.56. The van der Waals surface area contributed by atoms with Crippen LogP contribution in [0.3, 0.4) is 0 Å². The molecule has 5 nitrogen and oxygen atoms in total. The van der Waals surface area contributed by atoms with Crippen molar-refractivity contribution in [1.82, 2.24) is 9.78 Å². The first kappa shape index (κ1) is 18.1. The number of oxime groups is 1. The monoisotopic (exact) mass is 354 g/mol. The van der Waals surface area contributed by atoms with Crippen LogP contribution in [0.2, 0.25) is 0 Å². The molecule has 0 saturated heterocycles. The minimum Gasteiger partial charge on any atom is -0.394 e. The van der Waals surface area contributed by atoms with Crippen LogP contribution in [0.5, 0.6) is 0 Å². The number of nitrogens with two attached hydrogens (primary N) is 1. The zero-order valence-corrected chi connectivity index (χ0v) is 15.0. The fourth-order valence-corrected chi connectivity index (χ4v) is 2.77. The smallest absolute Gasteiger partial charge is 0.129 e. The van der Waals surface area contributed by atoms with Crippen molar-refractivity contribution in [2.45, 2.75) is 20.4 Å². The van der Waals surface area contributed by atoms with E-state index in [1.54, 1.807) is 12.1 Å². The van der Waals surface area contributed by atoms with Gasteiger partial charge in [-0.3, -0.25) is 4.68 Å². The fourth-order valence-electron chi connectivity index (χ4n) is 2.77. The Labute approximate surface area is 152 Å². The minimum absolute atomic E-state index is 0.290. The first-order chi connectivity index (χ1) is 12.6. The van der Waals surface area contributed by atoms with Gasteiger partial charge in [-0.25, -0.2) is 4.39 Å². The molecule has 0 spiro atoms. The number of hydrogen-bond acceptors (Lipinski definition) is 4. The van der Waals surface area contributed by atoms with Crippen LogP contribution in [-0.4, -0.2) is 28.6 Å². The van der Waals surface area contributed by atoms with E-state index < -0.39 is 0 Å². The standard InChI is InChI=1S/C20H23FN4O/c1-14(2)13-25-19-8-5-16(11-17(19)12-23-25)20(24-26-10-9-22)15-3-6-18(21)7-4-15/h3-8,11-12,14H,9-10,13,22H2,1-2H3. The highest BCUT2D eigenvalue weighted by atomic mass is 19.1. The molecule has 0 aliphatic rings. The zero-order valence-electron chi connectivity index (χ0n) is 15.0. The van der Waals surface area contributed by atoms with Gasteiger partial charge in [0.2, 0.25) is 0 Å². The maximum Gasteiger partial charge on any atom is 0.129 e. The molecular formula is C20H23FN4O. The van der Waals surface area contributed by atoms with Gasteiger partial charge in [0.15, 0.2) is 0 Å². The largest absolute Gasteiger partial charge is 0.394 e.